The number of rotatable bonds is 3. The maximum Gasteiger partial charge on any atom is 0.0571 e. The topological polar surface area (TPSA) is 21.8 Å². The molecule has 0 aliphatic carbocycles. The first-order valence-electron chi connectivity index (χ1n) is 8.44. The van der Waals surface area contributed by atoms with Crippen LogP contribution in [0.5, 0.6) is 0 Å². The molecule has 5 rings (SSSR count). The molecular formula is C18H28N4. The Labute approximate surface area is 134 Å². The fourth-order valence-corrected chi connectivity index (χ4v) is 4.30. The van der Waals surface area contributed by atoms with Crippen molar-refractivity contribution in [3.05, 3.63) is 35.4 Å². The molecule has 4 fully saturated rings. The van der Waals surface area contributed by atoms with Gasteiger partial charge in [0.2, 0.25) is 0 Å². The van der Waals surface area contributed by atoms with Crippen LogP contribution < -0.4 is 5.32 Å². The number of hydrogen-bond acceptors (Lipinski definition) is 4. The zero-order valence-electron chi connectivity index (χ0n) is 14.1. The normalized spacial score (nSPS) is 36.8. The minimum Gasteiger partial charge on any atom is -0.304 e. The highest BCUT2D eigenvalue weighted by Gasteiger charge is 2.48. The van der Waals surface area contributed by atoms with Crippen molar-refractivity contribution in [3.63, 3.8) is 0 Å². The molecule has 4 aliphatic rings. The van der Waals surface area contributed by atoms with E-state index in [1.807, 2.05) is 0 Å². The van der Waals surface area contributed by atoms with Crippen LogP contribution in [-0.2, 0) is 12.0 Å². The second kappa shape index (κ2) is 5.03. The minimum atomic E-state index is 0.236. The molecule has 4 bridgehead atoms. The lowest BCUT2D eigenvalue weighted by Crippen LogP contribution is -2.79. The lowest BCUT2D eigenvalue weighted by molar-refractivity contribution is -0.150. The van der Waals surface area contributed by atoms with Crippen LogP contribution in [0.2, 0.25) is 0 Å². The summed E-state index contributed by atoms with van der Waals surface area (Å²) >= 11 is 0. The highest BCUT2D eigenvalue weighted by atomic mass is 15.6. The molecule has 0 spiro atoms. The Hall–Kier alpha value is -0.940. The van der Waals surface area contributed by atoms with Crippen molar-refractivity contribution in [2.75, 3.05) is 39.6 Å². The molecule has 120 valence electrons. The molecule has 0 saturated carbocycles. The summed E-state index contributed by atoms with van der Waals surface area (Å²) in [5.74, 6) is 0. The molecule has 4 nitrogen and oxygen atoms in total. The molecule has 0 unspecified atom stereocenters. The van der Waals surface area contributed by atoms with Gasteiger partial charge in [0.15, 0.2) is 0 Å². The third-order valence-corrected chi connectivity index (χ3v) is 5.27. The van der Waals surface area contributed by atoms with E-state index in [0.29, 0.717) is 0 Å². The maximum atomic E-state index is 3.88. The Kier molecular flexibility index (Phi) is 3.35. The predicted octanol–water partition coefficient (Wildman–Crippen LogP) is 1.63. The molecule has 22 heavy (non-hydrogen) atoms. The van der Waals surface area contributed by atoms with Crippen molar-refractivity contribution in [1.82, 2.24) is 20.0 Å². The summed E-state index contributed by atoms with van der Waals surface area (Å²) < 4.78 is 0. The zero-order valence-corrected chi connectivity index (χ0v) is 14.1. The molecule has 0 atom stereocenters. The van der Waals surface area contributed by atoms with Crippen molar-refractivity contribution in [2.24, 2.45) is 0 Å². The van der Waals surface area contributed by atoms with Gasteiger partial charge in [0.05, 0.1) is 25.5 Å². The summed E-state index contributed by atoms with van der Waals surface area (Å²) in [6.07, 6.45) is 0. The van der Waals surface area contributed by atoms with Crippen LogP contribution in [0.15, 0.2) is 24.3 Å². The summed E-state index contributed by atoms with van der Waals surface area (Å²) in [5, 5.41) is 3.88. The van der Waals surface area contributed by atoms with Crippen molar-refractivity contribution in [1.29, 1.82) is 0 Å². The molecule has 0 amide bonds. The number of hydrogen-bond donors (Lipinski definition) is 1. The monoisotopic (exact) mass is 300 g/mol. The third kappa shape index (κ3) is 2.69. The van der Waals surface area contributed by atoms with E-state index in [4.69, 9.17) is 0 Å². The Balaban J connectivity index is 1.42. The summed E-state index contributed by atoms with van der Waals surface area (Å²) in [6.45, 7) is 14.8. The first kappa shape index (κ1) is 14.6. The number of nitrogens with zero attached hydrogens (tertiary/aromatic N) is 3. The summed E-state index contributed by atoms with van der Waals surface area (Å²) in [5.41, 5.74) is 3.30. The third-order valence-electron chi connectivity index (χ3n) is 5.27. The Bertz CT molecular complexity index is 508. The van der Waals surface area contributed by atoms with Gasteiger partial charge in [-0.15, -0.1) is 0 Å². The van der Waals surface area contributed by atoms with E-state index in [2.05, 4.69) is 65.1 Å². The zero-order chi connectivity index (χ0) is 15.4. The number of nitrogens with one attached hydrogen (secondary N) is 1. The van der Waals surface area contributed by atoms with Crippen LogP contribution in [0.4, 0.5) is 0 Å². The lowest BCUT2D eigenvalue weighted by atomic mass is 9.86. The van der Waals surface area contributed by atoms with Gasteiger partial charge in [-0.05, 0) is 16.5 Å². The Morgan fingerprint density at radius 2 is 1.41 bits per heavy atom. The summed E-state index contributed by atoms with van der Waals surface area (Å²) in [7, 11) is 0. The molecule has 1 aromatic carbocycles. The first-order chi connectivity index (χ1) is 10.4. The van der Waals surface area contributed by atoms with Crippen LogP contribution in [0.1, 0.15) is 31.9 Å². The van der Waals surface area contributed by atoms with Crippen LogP contribution in [-0.4, -0.2) is 59.9 Å². The van der Waals surface area contributed by atoms with Crippen LogP contribution >= 0.6 is 0 Å². The van der Waals surface area contributed by atoms with E-state index in [1.54, 1.807) is 0 Å². The molecule has 4 heteroatoms. The van der Waals surface area contributed by atoms with Crippen molar-refractivity contribution >= 4 is 0 Å². The standard InChI is InChI=1S/C18H28N4/c1-17(2,3)16-6-4-15(5-7-16)8-19-18-9-20-12-21(10-18)14-22(11-18)13-20/h4-7,19H,8-14H2,1-3H3. The first-order valence-corrected chi connectivity index (χ1v) is 8.44. The van der Waals surface area contributed by atoms with Crippen molar-refractivity contribution in [2.45, 2.75) is 38.3 Å². The van der Waals surface area contributed by atoms with E-state index in [-0.39, 0.29) is 11.0 Å². The van der Waals surface area contributed by atoms with Crippen LogP contribution in [0.25, 0.3) is 0 Å². The highest BCUT2D eigenvalue weighted by Crippen LogP contribution is 2.29. The van der Waals surface area contributed by atoms with Gasteiger partial charge in [-0.2, -0.15) is 0 Å². The summed E-state index contributed by atoms with van der Waals surface area (Å²) in [6, 6.07) is 9.14. The van der Waals surface area contributed by atoms with Gasteiger partial charge in [0.25, 0.3) is 0 Å². The molecule has 1 aromatic rings. The van der Waals surface area contributed by atoms with Crippen LogP contribution in [0, 0.1) is 0 Å². The van der Waals surface area contributed by atoms with Gasteiger partial charge in [-0.25, -0.2) is 0 Å². The molecule has 0 radical (unpaired) electrons. The molecule has 1 N–H and O–H groups in total. The van der Waals surface area contributed by atoms with Gasteiger partial charge >= 0.3 is 0 Å². The van der Waals surface area contributed by atoms with E-state index in [0.717, 1.165) is 26.6 Å². The van der Waals surface area contributed by atoms with E-state index >= 15 is 0 Å². The molecule has 4 aliphatic heterocycles. The molecular weight excluding hydrogens is 272 g/mol. The van der Waals surface area contributed by atoms with Gasteiger partial charge in [0.1, 0.15) is 0 Å². The van der Waals surface area contributed by atoms with Gasteiger partial charge < -0.3 is 5.32 Å². The smallest absolute Gasteiger partial charge is 0.0571 e. The fraction of sp³-hybridized carbons (Fsp3) is 0.667. The van der Waals surface area contributed by atoms with E-state index in [9.17, 15) is 0 Å². The van der Waals surface area contributed by atoms with Gasteiger partial charge in [-0.3, -0.25) is 14.7 Å². The average molecular weight is 300 g/mol. The van der Waals surface area contributed by atoms with E-state index in [1.165, 1.54) is 30.8 Å². The van der Waals surface area contributed by atoms with Crippen molar-refractivity contribution < 1.29 is 0 Å². The predicted molar refractivity (Wildman–Crippen MR) is 89.4 cm³/mol. The fourth-order valence-electron chi connectivity index (χ4n) is 4.30. The molecule has 4 saturated heterocycles. The summed E-state index contributed by atoms with van der Waals surface area (Å²) in [4.78, 5) is 7.69. The molecule has 4 heterocycles. The maximum absolute atomic E-state index is 3.88. The SMILES string of the molecule is CC(C)(C)c1ccc(CNC23CN4CN(CN(C4)C2)C3)cc1. The Morgan fingerprint density at radius 1 is 0.909 bits per heavy atom. The highest BCUT2D eigenvalue weighted by molar-refractivity contribution is 5.27. The molecule has 0 aromatic heterocycles. The average Bonchev–Trinajstić information content (AvgIpc) is 2.43. The Morgan fingerprint density at radius 3 is 1.86 bits per heavy atom. The second-order valence-corrected chi connectivity index (χ2v) is 8.49. The lowest BCUT2D eigenvalue weighted by Gasteiger charge is -2.60. The quantitative estimate of drug-likeness (QED) is 0.916. The minimum absolute atomic E-state index is 0.236. The second-order valence-electron chi connectivity index (χ2n) is 8.49. The number of benzene rings is 1. The van der Waals surface area contributed by atoms with E-state index < -0.39 is 0 Å². The van der Waals surface area contributed by atoms with Gasteiger partial charge in [-0.1, -0.05) is 45.0 Å². The van der Waals surface area contributed by atoms with Gasteiger partial charge in [0, 0.05) is 26.2 Å². The largest absolute Gasteiger partial charge is 0.304 e. The van der Waals surface area contributed by atoms with Crippen molar-refractivity contribution in [3.8, 4) is 0 Å². The van der Waals surface area contributed by atoms with Crippen LogP contribution in [0.3, 0.4) is 0 Å².